The van der Waals surface area contributed by atoms with Crippen LogP contribution >= 0.6 is 23.2 Å². The van der Waals surface area contributed by atoms with Crippen molar-refractivity contribution in [1.82, 2.24) is 30.0 Å². The van der Waals surface area contributed by atoms with Crippen molar-refractivity contribution in [1.29, 1.82) is 0 Å². The van der Waals surface area contributed by atoms with Gasteiger partial charge in [0.1, 0.15) is 0 Å². The summed E-state index contributed by atoms with van der Waals surface area (Å²) >= 11 is 12.4. The summed E-state index contributed by atoms with van der Waals surface area (Å²) in [6.07, 6.45) is 1.77. The van der Waals surface area contributed by atoms with Crippen LogP contribution in [0.3, 0.4) is 0 Å². The number of nitrogens with zero attached hydrogens (tertiary/aromatic N) is 6. The second-order valence-electron chi connectivity index (χ2n) is 7.53. The standard InChI is InChI=1S/C24H18Cl2N6/c1-15-3-7-17(8-4-15)23-20(14-27-31(23)19-11-12-21(25)22(26)13-19)24-28-29-30-32(24)18-9-5-16(2)6-10-18/h3-14H,1-2H3. The molecule has 0 spiro atoms. The van der Waals surface area contributed by atoms with Crippen LogP contribution < -0.4 is 0 Å². The predicted octanol–water partition coefficient (Wildman–Crippen LogP) is 6.11. The normalized spacial score (nSPS) is 11.1. The smallest absolute Gasteiger partial charge is 0.190 e. The average molecular weight is 461 g/mol. The zero-order valence-corrected chi connectivity index (χ0v) is 18.9. The minimum absolute atomic E-state index is 0.459. The second-order valence-corrected chi connectivity index (χ2v) is 8.35. The maximum Gasteiger partial charge on any atom is 0.190 e. The van der Waals surface area contributed by atoms with E-state index in [1.54, 1.807) is 23.0 Å². The fourth-order valence-corrected chi connectivity index (χ4v) is 3.82. The summed E-state index contributed by atoms with van der Waals surface area (Å²) in [4.78, 5) is 0. The molecule has 32 heavy (non-hydrogen) atoms. The van der Waals surface area contributed by atoms with Crippen molar-refractivity contribution in [2.75, 3.05) is 0 Å². The van der Waals surface area contributed by atoms with Crippen molar-refractivity contribution in [3.05, 3.63) is 94.1 Å². The number of aryl methyl sites for hydroxylation is 2. The fraction of sp³-hybridized carbons (Fsp3) is 0.0833. The summed E-state index contributed by atoms with van der Waals surface area (Å²) in [6.45, 7) is 4.10. The van der Waals surface area contributed by atoms with Gasteiger partial charge in [0.25, 0.3) is 0 Å². The van der Waals surface area contributed by atoms with E-state index in [0.29, 0.717) is 15.9 Å². The van der Waals surface area contributed by atoms with E-state index >= 15 is 0 Å². The van der Waals surface area contributed by atoms with Gasteiger partial charge in [-0.15, -0.1) is 5.10 Å². The van der Waals surface area contributed by atoms with E-state index in [1.165, 1.54) is 5.56 Å². The van der Waals surface area contributed by atoms with Gasteiger partial charge in [-0.25, -0.2) is 4.68 Å². The van der Waals surface area contributed by atoms with Crippen LogP contribution in [0.2, 0.25) is 10.0 Å². The van der Waals surface area contributed by atoms with E-state index in [4.69, 9.17) is 23.2 Å². The molecule has 0 aliphatic carbocycles. The molecular weight excluding hydrogens is 443 g/mol. The molecule has 0 aliphatic rings. The fourth-order valence-electron chi connectivity index (χ4n) is 3.53. The van der Waals surface area contributed by atoms with Gasteiger partial charge < -0.3 is 0 Å². The SMILES string of the molecule is Cc1ccc(-c2c(-c3nnnn3-c3ccc(C)cc3)cnn2-c2ccc(Cl)c(Cl)c2)cc1. The number of rotatable bonds is 4. The Morgan fingerprint density at radius 2 is 1.38 bits per heavy atom. The summed E-state index contributed by atoms with van der Waals surface area (Å²) in [7, 11) is 0. The Labute approximate surface area is 195 Å². The summed E-state index contributed by atoms with van der Waals surface area (Å²) in [5.74, 6) is 0.593. The molecular formula is C24H18Cl2N6. The molecule has 158 valence electrons. The molecule has 0 saturated heterocycles. The van der Waals surface area contributed by atoms with Gasteiger partial charge in [-0.3, -0.25) is 0 Å². The van der Waals surface area contributed by atoms with Crippen LogP contribution in [0.15, 0.2) is 72.9 Å². The Balaban J connectivity index is 1.73. The van der Waals surface area contributed by atoms with Gasteiger partial charge in [-0.1, -0.05) is 70.7 Å². The molecule has 0 unspecified atom stereocenters. The van der Waals surface area contributed by atoms with Crippen molar-refractivity contribution in [3.8, 4) is 34.0 Å². The first-order valence-corrected chi connectivity index (χ1v) is 10.7. The number of hydrogen-bond acceptors (Lipinski definition) is 4. The zero-order chi connectivity index (χ0) is 22.2. The number of tetrazole rings is 1. The number of hydrogen-bond donors (Lipinski definition) is 0. The van der Waals surface area contributed by atoms with E-state index in [2.05, 4.69) is 51.8 Å². The van der Waals surface area contributed by atoms with Crippen molar-refractivity contribution in [2.24, 2.45) is 0 Å². The van der Waals surface area contributed by atoms with Crippen molar-refractivity contribution < 1.29 is 0 Å². The van der Waals surface area contributed by atoms with Gasteiger partial charge in [0, 0.05) is 5.56 Å². The first-order chi connectivity index (χ1) is 15.5. The minimum atomic E-state index is 0.459. The van der Waals surface area contributed by atoms with Crippen molar-refractivity contribution in [3.63, 3.8) is 0 Å². The summed E-state index contributed by atoms with van der Waals surface area (Å²) in [5.41, 5.74) is 6.62. The molecule has 0 bridgehead atoms. The monoisotopic (exact) mass is 460 g/mol. The van der Waals surface area contributed by atoms with E-state index in [-0.39, 0.29) is 0 Å². The Morgan fingerprint density at radius 1 is 0.719 bits per heavy atom. The topological polar surface area (TPSA) is 61.4 Å². The first-order valence-electron chi connectivity index (χ1n) is 9.97. The lowest BCUT2D eigenvalue weighted by atomic mass is 10.1. The van der Waals surface area contributed by atoms with E-state index in [1.807, 2.05) is 41.9 Å². The minimum Gasteiger partial charge on any atom is -0.232 e. The molecule has 5 aromatic rings. The molecule has 0 saturated carbocycles. The molecule has 8 heteroatoms. The average Bonchev–Trinajstić information content (AvgIpc) is 3.44. The Hall–Kier alpha value is -3.48. The zero-order valence-electron chi connectivity index (χ0n) is 17.4. The highest BCUT2D eigenvalue weighted by molar-refractivity contribution is 6.42. The van der Waals surface area contributed by atoms with Gasteiger partial charge in [0.05, 0.1) is 38.9 Å². The molecule has 0 aliphatic heterocycles. The largest absolute Gasteiger partial charge is 0.232 e. The third-order valence-corrected chi connectivity index (χ3v) is 5.97. The molecule has 0 radical (unpaired) electrons. The van der Waals surface area contributed by atoms with Gasteiger partial charge in [-0.05, 0) is 54.6 Å². The molecule has 2 heterocycles. The summed E-state index contributed by atoms with van der Waals surface area (Å²) in [6, 6.07) is 21.7. The summed E-state index contributed by atoms with van der Waals surface area (Å²) in [5, 5.41) is 18.1. The third-order valence-electron chi connectivity index (χ3n) is 5.23. The number of halogens is 2. The highest BCUT2D eigenvalue weighted by atomic mass is 35.5. The van der Waals surface area contributed by atoms with Crippen LogP contribution in [0.1, 0.15) is 11.1 Å². The van der Waals surface area contributed by atoms with Crippen molar-refractivity contribution in [2.45, 2.75) is 13.8 Å². The Morgan fingerprint density at radius 3 is 2.06 bits per heavy atom. The molecule has 0 N–H and O–H groups in total. The third kappa shape index (κ3) is 3.68. The molecule has 3 aromatic carbocycles. The van der Waals surface area contributed by atoms with Gasteiger partial charge in [0.15, 0.2) is 5.82 Å². The molecule has 0 amide bonds. The predicted molar refractivity (Wildman–Crippen MR) is 127 cm³/mol. The summed E-state index contributed by atoms with van der Waals surface area (Å²) < 4.78 is 3.55. The molecule has 0 atom stereocenters. The van der Waals surface area contributed by atoms with Crippen LogP contribution in [0.5, 0.6) is 0 Å². The molecule has 0 fully saturated rings. The second kappa shape index (κ2) is 8.22. The van der Waals surface area contributed by atoms with E-state index in [9.17, 15) is 0 Å². The number of aromatic nitrogens is 6. The molecule has 5 rings (SSSR count). The van der Waals surface area contributed by atoms with Crippen LogP contribution in [-0.4, -0.2) is 30.0 Å². The van der Waals surface area contributed by atoms with Gasteiger partial charge in [0.2, 0.25) is 0 Å². The highest BCUT2D eigenvalue weighted by Gasteiger charge is 2.22. The van der Waals surface area contributed by atoms with E-state index < -0.39 is 0 Å². The molecule has 6 nitrogen and oxygen atoms in total. The quantitative estimate of drug-likeness (QED) is 0.324. The van der Waals surface area contributed by atoms with Crippen molar-refractivity contribution >= 4 is 23.2 Å². The van der Waals surface area contributed by atoms with Crippen LogP contribution in [-0.2, 0) is 0 Å². The Kier molecular flexibility index (Phi) is 5.25. The lowest BCUT2D eigenvalue weighted by molar-refractivity contribution is 0.791. The van der Waals surface area contributed by atoms with Crippen LogP contribution in [0.4, 0.5) is 0 Å². The highest BCUT2D eigenvalue weighted by Crippen LogP contribution is 2.35. The van der Waals surface area contributed by atoms with Crippen LogP contribution in [0.25, 0.3) is 34.0 Å². The number of benzene rings is 3. The lowest BCUT2D eigenvalue weighted by Gasteiger charge is -2.12. The maximum absolute atomic E-state index is 6.30. The lowest BCUT2D eigenvalue weighted by Crippen LogP contribution is -2.02. The first kappa shape index (κ1) is 20.4. The Bertz CT molecular complexity index is 1400. The maximum atomic E-state index is 6.30. The molecule has 2 aromatic heterocycles. The van der Waals surface area contributed by atoms with Gasteiger partial charge >= 0.3 is 0 Å². The van der Waals surface area contributed by atoms with E-state index in [0.717, 1.165) is 33.8 Å². The van der Waals surface area contributed by atoms with Gasteiger partial charge in [-0.2, -0.15) is 9.78 Å². The van der Waals surface area contributed by atoms with Crippen LogP contribution in [0, 0.1) is 13.8 Å².